The van der Waals surface area contributed by atoms with E-state index in [1.54, 1.807) is 0 Å². The molecule has 1 spiro atoms. The highest BCUT2D eigenvalue weighted by molar-refractivity contribution is 6.05. The number of ether oxygens (including phenoxy) is 1. The number of anilines is 3. The maximum Gasteiger partial charge on any atom is 0.250 e. The fourth-order valence-corrected chi connectivity index (χ4v) is 8.18. The van der Waals surface area contributed by atoms with Crippen LogP contribution in [0, 0.1) is 11.8 Å². The molecule has 3 aromatic carbocycles. The van der Waals surface area contributed by atoms with Crippen molar-refractivity contribution in [2.24, 2.45) is 11.8 Å². The number of amides is 3. The van der Waals surface area contributed by atoms with Gasteiger partial charge in [0.2, 0.25) is 17.7 Å². The van der Waals surface area contributed by atoms with Gasteiger partial charge in [-0.2, -0.15) is 0 Å². The van der Waals surface area contributed by atoms with E-state index in [9.17, 15) is 19.5 Å². The van der Waals surface area contributed by atoms with Gasteiger partial charge in [0.1, 0.15) is 11.6 Å². The molecule has 0 aliphatic carbocycles. The summed E-state index contributed by atoms with van der Waals surface area (Å²) in [5.41, 5.74) is 1.15. The number of benzene rings is 3. The van der Waals surface area contributed by atoms with Crippen LogP contribution < -0.4 is 15.5 Å². The number of carbonyl (C=O) groups is 3. The molecule has 0 radical (unpaired) electrons. The molecule has 9 heteroatoms. The van der Waals surface area contributed by atoms with Crippen LogP contribution in [0.2, 0.25) is 0 Å². The lowest BCUT2D eigenvalue weighted by atomic mass is 9.65. The average molecular weight is 625 g/mol. The molecule has 3 aromatic rings. The standard InChI is InChI=1S/C37H44N4O5/c1-4-36-21-22-37(46-36)31(30(36)33(43)38-26-15-11-8-12-16-26)35(45)41(29(24-42)23-25-13-9-7-10-14-25)32(37)34(44)39-27-17-19-28(20-18-27)40(5-2)6-3/h7-20,29-32,42H,4-6,21-24H2,1-3H3,(H,38,43)(H,39,44)/t29-,30-,31+,32?,36+,37?/m1/s1. The van der Waals surface area contributed by atoms with Crippen molar-refractivity contribution in [2.45, 2.75) is 69.7 Å². The van der Waals surface area contributed by atoms with Gasteiger partial charge in [0, 0.05) is 30.2 Å². The van der Waals surface area contributed by atoms with Crippen molar-refractivity contribution in [3.63, 3.8) is 0 Å². The Labute approximate surface area is 270 Å². The van der Waals surface area contributed by atoms with E-state index < -0.39 is 35.1 Å². The molecule has 9 nitrogen and oxygen atoms in total. The lowest BCUT2D eigenvalue weighted by molar-refractivity contribution is -0.148. The number of aliphatic hydroxyl groups excluding tert-OH is 1. The second-order valence-electron chi connectivity index (χ2n) is 12.7. The highest BCUT2D eigenvalue weighted by Crippen LogP contribution is 2.64. The molecule has 3 fully saturated rings. The van der Waals surface area contributed by atoms with Gasteiger partial charge in [-0.1, -0.05) is 55.5 Å². The molecule has 6 rings (SSSR count). The monoisotopic (exact) mass is 624 g/mol. The summed E-state index contributed by atoms with van der Waals surface area (Å²) in [5.74, 6) is -2.65. The second kappa shape index (κ2) is 12.9. The van der Waals surface area contributed by atoms with Crippen molar-refractivity contribution in [2.75, 3.05) is 35.2 Å². The molecule has 6 atom stereocenters. The van der Waals surface area contributed by atoms with Crippen LogP contribution in [0.25, 0.3) is 0 Å². The summed E-state index contributed by atoms with van der Waals surface area (Å²) in [6.07, 6.45) is 1.90. The molecule has 3 saturated heterocycles. The predicted octanol–water partition coefficient (Wildman–Crippen LogP) is 4.87. The highest BCUT2D eigenvalue weighted by Gasteiger charge is 2.79. The van der Waals surface area contributed by atoms with E-state index >= 15 is 0 Å². The van der Waals surface area contributed by atoms with Gasteiger partial charge in [0.25, 0.3) is 0 Å². The van der Waals surface area contributed by atoms with E-state index in [0.717, 1.165) is 24.3 Å². The lowest BCUT2D eigenvalue weighted by Crippen LogP contribution is -2.57. The fourth-order valence-electron chi connectivity index (χ4n) is 8.18. The summed E-state index contributed by atoms with van der Waals surface area (Å²) in [7, 11) is 0. The van der Waals surface area contributed by atoms with Crippen LogP contribution in [-0.4, -0.2) is 70.7 Å². The van der Waals surface area contributed by atoms with Crippen molar-refractivity contribution < 1.29 is 24.2 Å². The zero-order valence-electron chi connectivity index (χ0n) is 26.8. The SMILES string of the molecule is CCN(CC)c1ccc(NC(=O)C2N([C@@H](CO)Cc3ccccc3)C(=O)[C@@H]3[C@H](C(=O)Nc4ccccc4)[C@]4(CC)CCC23O4)cc1. The van der Waals surface area contributed by atoms with Crippen molar-refractivity contribution in [3.8, 4) is 0 Å². The molecule has 242 valence electrons. The molecule has 3 aliphatic rings. The minimum Gasteiger partial charge on any atom is -0.394 e. The van der Waals surface area contributed by atoms with E-state index in [1.807, 2.05) is 91.9 Å². The largest absolute Gasteiger partial charge is 0.394 e. The average Bonchev–Trinajstić information content (AvgIpc) is 3.69. The first-order chi connectivity index (χ1) is 22.3. The Balaban J connectivity index is 1.38. The molecule has 46 heavy (non-hydrogen) atoms. The molecule has 2 bridgehead atoms. The van der Waals surface area contributed by atoms with Crippen LogP contribution in [0.15, 0.2) is 84.9 Å². The Morgan fingerprint density at radius 1 is 0.891 bits per heavy atom. The third-order valence-electron chi connectivity index (χ3n) is 10.4. The van der Waals surface area contributed by atoms with Gasteiger partial charge < -0.3 is 30.3 Å². The topological polar surface area (TPSA) is 111 Å². The smallest absolute Gasteiger partial charge is 0.250 e. The van der Waals surface area contributed by atoms with E-state index in [2.05, 4.69) is 29.4 Å². The second-order valence-corrected chi connectivity index (χ2v) is 12.7. The van der Waals surface area contributed by atoms with E-state index in [0.29, 0.717) is 37.1 Å². The number of hydrogen-bond acceptors (Lipinski definition) is 6. The number of likely N-dealkylation sites (tertiary alicyclic amines) is 1. The first-order valence-electron chi connectivity index (χ1n) is 16.5. The van der Waals surface area contributed by atoms with E-state index in [4.69, 9.17) is 4.74 Å². The Kier molecular flexibility index (Phi) is 8.90. The van der Waals surface area contributed by atoms with Gasteiger partial charge in [-0.25, -0.2) is 0 Å². The summed E-state index contributed by atoms with van der Waals surface area (Å²) in [5, 5.41) is 16.8. The Bertz CT molecular complexity index is 1550. The van der Waals surface area contributed by atoms with Crippen LogP contribution in [-0.2, 0) is 25.5 Å². The first-order valence-corrected chi connectivity index (χ1v) is 16.5. The number of fused-ring (bicyclic) bond motifs is 1. The lowest BCUT2D eigenvalue weighted by Gasteiger charge is -2.37. The first kappa shape index (κ1) is 31.8. The fraction of sp³-hybridized carbons (Fsp3) is 0.432. The number of carbonyl (C=O) groups excluding carboxylic acids is 3. The zero-order chi connectivity index (χ0) is 32.5. The molecule has 0 aromatic heterocycles. The number of aliphatic hydroxyl groups is 1. The van der Waals surface area contributed by atoms with Crippen LogP contribution in [0.4, 0.5) is 17.1 Å². The summed E-state index contributed by atoms with van der Waals surface area (Å²) in [6.45, 7) is 7.56. The molecule has 3 amide bonds. The summed E-state index contributed by atoms with van der Waals surface area (Å²) >= 11 is 0. The Morgan fingerprint density at radius 2 is 1.50 bits per heavy atom. The maximum atomic E-state index is 14.7. The Hall–Kier alpha value is -4.21. The maximum absolute atomic E-state index is 14.7. The normalized spacial score (nSPS) is 26.9. The van der Waals surface area contributed by atoms with E-state index in [1.165, 1.54) is 4.90 Å². The summed E-state index contributed by atoms with van der Waals surface area (Å²) < 4.78 is 6.92. The molecular weight excluding hydrogens is 580 g/mol. The van der Waals surface area contributed by atoms with Gasteiger partial charge in [0.05, 0.1) is 30.1 Å². The molecule has 3 N–H and O–H groups in total. The summed E-state index contributed by atoms with van der Waals surface area (Å²) in [6, 6.07) is 24.8. The molecular formula is C37H44N4O5. The number of rotatable bonds is 12. The third-order valence-corrected chi connectivity index (χ3v) is 10.4. The molecule has 3 heterocycles. The Morgan fingerprint density at radius 3 is 2.11 bits per heavy atom. The predicted molar refractivity (Wildman–Crippen MR) is 178 cm³/mol. The van der Waals surface area contributed by atoms with E-state index in [-0.39, 0.29) is 24.3 Å². The van der Waals surface area contributed by atoms with Crippen LogP contribution >= 0.6 is 0 Å². The van der Waals surface area contributed by atoms with Gasteiger partial charge in [0.15, 0.2) is 0 Å². The zero-order valence-corrected chi connectivity index (χ0v) is 26.8. The minimum atomic E-state index is -1.21. The van der Waals surface area contributed by atoms with Crippen LogP contribution in [0.5, 0.6) is 0 Å². The van der Waals surface area contributed by atoms with Gasteiger partial charge in [-0.05, 0) is 81.5 Å². The third kappa shape index (κ3) is 5.35. The minimum absolute atomic E-state index is 0.287. The van der Waals surface area contributed by atoms with Crippen LogP contribution in [0.1, 0.15) is 45.6 Å². The number of hydrogen-bond donors (Lipinski definition) is 3. The highest BCUT2D eigenvalue weighted by atomic mass is 16.5. The number of nitrogens with one attached hydrogen (secondary N) is 2. The van der Waals surface area contributed by atoms with Crippen molar-refractivity contribution in [3.05, 3.63) is 90.5 Å². The van der Waals surface area contributed by atoms with Crippen LogP contribution in [0.3, 0.4) is 0 Å². The molecule has 2 unspecified atom stereocenters. The van der Waals surface area contributed by atoms with Crippen molar-refractivity contribution in [1.82, 2.24) is 4.90 Å². The van der Waals surface area contributed by atoms with Crippen molar-refractivity contribution in [1.29, 1.82) is 0 Å². The van der Waals surface area contributed by atoms with Crippen molar-refractivity contribution >= 4 is 34.8 Å². The summed E-state index contributed by atoms with van der Waals surface area (Å²) in [4.78, 5) is 47.0. The quantitative estimate of drug-likeness (QED) is 0.265. The van der Waals surface area contributed by atoms with Gasteiger partial charge >= 0.3 is 0 Å². The molecule has 3 aliphatic heterocycles. The number of para-hydroxylation sites is 1. The molecule has 0 saturated carbocycles. The number of nitrogens with zero attached hydrogens (tertiary/aromatic N) is 2. The van der Waals surface area contributed by atoms with Gasteiger partial charge in [-0.3, -0.25) is 14.4 Å². The van der Waals surface area contributed by atoms with Gasteiger partial charge in [-0.15, -0.1) is 0 Å².